The maximum Gasteiger partial charge on any atom is 0.315 e. The molecule has 0 spiro atoms. The maximum absolute atomic E-state index is 11.5. The van der Waals surface area contributed by atoms with Crippen molar-refractivity contribution in [1.82, 2.24) is 10.6 Å². The molecule has 0 radical (unpaired) electrons. The number of aliphatic carboxylic acids is 1. The zero-order valence-corrected chi connectivity index (χ0v) is 10.2. The molecule has 5 heteroatoms. The van der Waals surface area contributed by atoms with Crippen LogP contribution in [0.1, 0.15) is 39.0 Å². The van der Waals surface area contributed by atoms with Gasteiger partial charge >= 0.3 is 12.0 Å². The third-order valence-corrected chi connectivity index (χ3v) is 3.99. The van der Waals surface area contributed by atoms with Gasteiger partial charge in [-0.3, -0.25) is 4.79 Å². The number of hydrogen-bond donors (Lipinski definition) is 3. The summed E-state index contributed by atoms with van der Waals surface area (Å²) in [7, 11) is 0. The summed E-state index contributed by atoms with van der Waals surface area (Å²) in [5.74, 6) is -0.194. The van der Waals surface area contributed by atoms with Crippen molar-refractivity contribution >= 4 is 12.0 Å². The molecule has 0 aromatic rings. The van der Waals surface area contributed by atoms with E-state index in [0.717, 1.165) is 25.7 Å². The summed E-state index contributed by atoms with van der Waals surface area (Å²) in [6.07, 6.45) is 4.08. The van der Waals surface area contributed by atoms with Gasteiger partial charge in [-0.1, -0.05) is 13.3 Å². The van der Waals surface area contributed by atoms with Gasteiger partial charge in [0, 0.05) is 12.6 Å². The Morgan fingerprint density at radius 3 is 2.47 bits per heavy atom. The lowest BCUT2D eigenvalue weighted by atomic mass is 9.66. The molecule has 2 fully saturated rings. The van der Waals surface area contributed by atoms with Crippen LogP contribution in [0.4, 0.5) is 4.79 Å². The second kappa shape index (κ2) is 4.55. The summed E-state index contributed by atoms with van der Waals surface area (Å²) >= 11 is 0. The van der Waals surface area contributed by atoms with Crippen LogP contribution in [0.5, 0.6) is 0 Å². The lowest BCUT2D eigenvalue weighted by Crippen LogP contribution is -2.47. The van der Waals surface area contributed by atoms with Crippen LogP contribution in [0, 0.1) is 11.3 Å². The van der Waals surface area contributed by atoms with Crippen LogP contribution >= 0.6 is 0 Å². The van der Waals surface area contributed by atoms with E-state index in [9.17, 15) is 9.59 Å². The van der Waals surface area contributed by atoms with Gasteiger partial charge in [0.1, 0.15) is 0 Å². The molecule has 0 aromatic carbocycles. The Kier molecular flexibility index (Phi) is 3.26. The second-order valence-corrected chi connectivity index (χ2v) is 5.57. The molecule has 0 aliphatic heterocycles. The molecule has 2 amide bonds. The molecule has 5 nitrogen and oxygen atoms in total. The smallest absolute Gasteiger partial charge is 0.315 e. The van der Waals surface area contributed by atoms with E-state index in [-0.39, 0.29) is 17.9 Å². The highest BCUT2D eigenvalue weighted by Crippen LogP contribution is 2.43. The number of urea groups is 1. The summed E-state index contributed by atoms with van der Waals surface area (Å²) in [5, 5.41) is 14.5. The number of nitrogens with one attached hydrogen (secondary N) is 2. The Hall–Kier alpha value is -1.26. The fraction of sp³-hybridized carbons (Fsp3) is 0.833. The molecule has 2 rings (SSSR count). The summed E-state index contributed by atoms with van der Waals surface area (Å²) in [4.78, 5) is 22.3. The van der Waals surface area contributed by atoms with Crippen LogP contribution in [0.25, 0.3) is 0 Å². The number of hydrogen-bond acceptors (Lipinski definition) is 2. The van der Waals surface area contributed by atoms with Gasteiger partial charge in [-0.15, -0.1) is 0 Å². The minimum atomic E-state index is -0.775. The van der Waals surface area contributed by atoms with Crippen LogP contribution in [-0.2, 0) is 4.79 Å². The molecule has 0 aromatic heterocycles. The molecule has 2 atom stereocenters. The Bertz CT molecular complexity index is 326. The highest BCUT2D eigenvalue weighted by molar-refractivity contribution is 5.75. The van der Waals surface area contributed by atoms with Crippen molar-refractivity contribution in [1.29, 1.82) is 0 Å². The molecule has 96 valence electrons. The normalized spacial score (nSPS) is 29.0. The monoisotopic (exact) mass is 240 g/mol. The van der Waals surface area contributed by atoms with Crippen LogP contribution in [0.15, 0.2) is 0 Å². The summed E-state index contributed by atoms with van der Waals surface area (Å²) in [6, 6.07) is 0.155. The van der Waals surface area contributed by atoms with Gasteiger partial charge in [-0.05, 0) is 30.6 Å². The quantitative estimate of drug-likeness (QED) is 0.678. The van der Waals surface area contributed by atoms with E-state index < -0.39 is 5.97 Å². The molecular weight excluding hydrogens is 220 g/mol. The van der Waals surface area contributed by atoms with Gasteiger partial charge < -0.3 is 15.7 Å². The Labute approximate surface area is 101 Å². The molecule has 0 saturated heterocycles. The van der Waals surface area contributed by atoms with Crippen molar-refractivity contribution in [3.05, 3.63) is 0 Å². The minimum absolute atomic E-state index is 0.156. The first kappa shape index (κ1) is 12.2. The molecule has 3 N–H and O–H groups in total. The fourth-order valence-electron chi connectivity index (χ4n) is 2.42. The number of carboxylic acid groups (broad SMARTS) is 1. The van der Waals surface area contributed by atoms with E-state index in [1.165, 1.54) is 0 Å². The largest absolute Gasteiger partial charge is 0.481 e. The van der Waals surface area contributed by atoms with Crippen LogP contribution in [0.3, 0.4) is 0 Å². The standard InChI is InChI=1S/C12H20N2O3/c1-8-5-9(8)14-11(17)13-7-12(3-2-4-12)6-10(15)16/h8-9H,2-7H2,1H3,(H,15,16)(H2,13,14,17). The predicted octanol–water partition coefficient (Wildman–Crippen LogP) is 1.34. The van der Waals surface area contributed by atoms with Crippen LogP contribution in [-0.4, -0.2) is 29.7 Å². The maximum atomic E-state index is 11.5. The molecule has 0 bridgehead atoms. The lowest BCUT2D eigenvalue weighted by Gasteiger charge is -2.40. The Morgan fingerprint density at radius 2 is 2.06 bits per heavy atom. The number of carbonyl (C=O) groups excluding carboxylic acids is 1. The summed E-state index contributed by atoms with van der Waals surface area (Å²) in [5.41, 5.74) is -0.196. The van der Waals surface area contributed by atoms with E-state index in [2.05, 4.69) is 17.6 Å². The highest BCUT2D eigenvalue weighted by Gasteiger charge is 2.40. The average Bonchev–Trinajstić information content (AvgIpc) is 2.85. The number of rotatable bonds is 5. The average molecular weight is 240 g/mol. The van der Waals surface area contributed by atoms with Crippen molar-refractivity contribution in [3.63, 3.8) is 0 Å². The van der Waals surface area contributed by atoms with Crippen molar-refractivity contribution in [2.45, 2.75) is 45.1 Å². The van der Waals surface area contributed by atoms with E-state index in [4.69, 9.17) is 5.11 Å². The lowest BCUT2D eigenvalue weighted by molar-refractivity contribution is -0.141. The predicted molar refractivity (Wildman–Crippen MR) is 62.6 cm³/mol. The molecule has 17 heavy (non-hydrogen) atoms. The van der Waals surface area contributed by atoms with Crippen molar-refractivity contribution in [3.8, 4) is 0 Å². The number of carbonyl (C=O) groups is 2. The third-order valence-electron chi connectivity index (χ3n) is 3.99. The Balaban J connectivity index is 1.72. The SMILES string of the molecule is CC1CC1NC(=O)NCC1(CC(=O)O)CCC1. The van der Waals surface area contributed by atoms with Crippen LogP contribution < -0.4 is 10.6 Å². The second-order valence-electron chi connectivity index (χ2n) is 5.57. The van der Waals surface area contributed by atoms with Gasteiger partial charge in [0.15, 0.2) is 0 Å². The molecule has 2 aliphatic rings. The fourth-order valence-corrected chi connectivity index (χ4v) is 2.42. The van der Waals surface area contributed by atoms with Gasteiger partial charge in [0.05, 0.1) is 6.42 Å². The number of carboxylic acids is 1. The summed E-state index contributed by atoms with van der Waals surface area (Å²) < 4.78 is 0. The van der Waals surface area contributed by atoms with Gasteiger partial charge in [-0.2, -0.15) is 0 Å². The summed E-state index contributed by atoms with van der Waals surface area (Å²) in [6.45, 7) is 2.58. The minimum Gasteiger partial charge on any atom is -0.481 e. The van der Waals surface area contributed by atoms with E-state index in [1.54, 1.807) is 0 Å². The first-order valence-corrected chi connectivity index (χ1v) is 6.27. The molecule has 2 unspecified atom stereocenters. The van der Waals surface area contributed by atoms with Gasteiger partial charge in [0.2, 0.25) is 0 Å². The van der Waals surface area contributed by atoms with Gasteiger partial charge in [-0.25, -0.2) is 4.79 Å². The zero-order valence-electron chi connectivity index (χ0n) is 10.2. The van der Waals surface area contributed by atoms with Crippen molar-refractivity contribution in [2.24, 2.45) is 11.3 Å². The Morgan fingerprint density at radius 1 is 1.41 bits per heavy atom. The molecule has 0 heterocycles. The van der Waals surface area contributed by atoms with Gasteiger partial charge in [0.25, 0.3) is 0 Å². The van der Waals surface area contributed by atoms with E-state index >= 15 is 0 Å². The molecular formula is C12H20N2O3. The highest BCUT2D eigenvalue weighted by atomic mass is 16.4. The molecule has 2 saturated carbocycles. The van der Waals surface area contributed by atoms with Crippen LogP contribution in [0.2, 0.25) is 0 Å². The van der Waals surface area contributed by atoms with Crippen molar-refractivity contribution in [2.75, 3.05) is 6.54 Å². The van der Waals surface area contributed by atoms with E-state index in [0.29, 0.717) is 18.5 Å². The molecule has 2 aliphatic carbocycles. The van der Waals surface area contributed by atoms with E-state index in [1.807, 2.05) is 0 Å². The topological polar surface area (TPSA) is 78.4 Å². The first-order chi connectivity index (χ1) is 8.01. The van der Waals surface area contributed by atoms with Crippen molar-refractivity contribution < 1.29 is 14.7 Å². The first-order valence-electron chi connectivity index (χ1n) is 6.27. The zero-order chi connectivity index (χ0) is 12.5. The number of amides is 2. The third kappa shape index (κ3) is 3.11.